The Balaban J connectivity index is 1.66. The van der Waals surface area contributed by atoms with Crippen LogP contribution in [-0.4, -0.2) is 84.5 Å². The monoisotopic (exact) mass is 721 g/mol. The number of esters is 1. The molecule has 0 radical (unpaired) electrons. The summed E-state index contributed by atoms with van der Waals surface area (Å²) in [5.41, 5.74) is 0.906. The minimum absolute atomic E-state index is 0.0166. The summed E-state index contributed by atoms with van der Waals surface area (Å²) >= 11 is 0. The number of methoxy groups -OCH3 is 2. The molecule has 15 heteroatoms. The van der Waals surface area contributed by atoms with Crippen LogP contribution in [0, 0.1) is 0 Å². The zero-order chi connectivity index (χ0) is 38.2. The fraction of sp³-hybridized carbons (Fsp3) is 0.351. The van der Waals surface area contributed by atoms with Crippen molar-refractivity contribution in [2.45, 2.75) is 57.9 Å². The molecular weight excluding hydrogens is 678 g/mol. The van der Waals surface area contributed by atoms with Gasteiger partial charge in [-0.1, -0.05) is 44.0 Å². The zero-order valence-corrected chi connectivity index (χ0v) is 29.2. The number of rotatable bonds is 18. The molecule has 1 atom stereocenters. The van der Waals surface area contributed by atoms with Crippen molar-refractivity contribution in [3.63, 3.8) is 0 Å². The molecule has 0 aromatic heterocycles. The van der Waals surface area contributed by atoms with Gasteiger partial charge in [0.05, 0.1) is 32.1 Å². The van der Waals surface area contributed by atoms with E-state index in [2.05, 4.69) is 22.3 Å². The van der Waals surface area contributed by atoms with Crippen LogP contribution in [0.1, 0.15) is 70.9 Å². The second-order valence-electron chi connectivity index (χ2n) is 11.6. The maximum atomic E-state index is 13.1. The highest BCUT2D eigenvalue weighted by molar-refractivity contribution is 6.39. The lowest BCUT2D eigenvalue weighted by atomic mass is 10.0. The minimum Gasteiger partial charge on any atom is -0.507 e. The molecule has 3 aromatic rings. The smallest absolute Gasteiger partial charge is 0.407 e. The molecule has 0 heterocycles. The number of carboxylic acid groups (broad SMARTS) is 2. The van der Waals surface area contributed by atoms with Crippen LogP contribution in [0.15, 0.2) is 60.7 Å². The lowest BCUT2D eigenvalue weighted by Crippen LogP contribution is -2.48. The third-order valence-corrected chi connectivity index (χ3v) is 7.92. The highest BCUT2D eigenvalue weighted by Crippen LogP contribution is 2.32. The first-order chi connectivity index (χ1) is 24.9. The zero-order valence-electron chi connectivity index (χ0n) is 29.2. The number of unbranched alkanes of at least 4 members (excludes halogenated alkanes) is 3. The van der Waals surface area contributed by atoms with E-state index in [1.54, 1.807) is 6.07 Å². The van der Waals surface area contributed by atoms with Gasteiger partial charge < -0.3 is 40.2 Å². The van der Waals surface area contributed by atoms with Crippen LogP contribution in [-0.2, 0) is 36.7 Å². The Labute approximate surface area is 300 Å². The largest absolute Gasteiger partial charge is 0.507 e. The second-order valence-corrected chi connectivity index (χ2v) is 11.6. The predicted molar refractivity (Wildman–Crippen MR) is 188 cm³/mol. The van der Waals surface area contributed by atoms with Crippen LogP contribution in [0.5, 0.6) is 11.5 Å². The van der Waals surface area contributed by atoms with Crippen LogP contribution >= 0.6 is 0 Å². The number of para-hydroxylation sites is 1. The van der Waals surface area contributed by atoms with E-state index in [0.717, 1.165) is 36.8 Å². The SMILES string of the molecule is CCCCCc1cc(O)c(C(=O)OC)c(OCCCCNC(=O)[C@H](Cc2ccc(N(C(=O)C(=O)O)c3ccccc3C(=O)O)cc2)NC(=O)OC)c1. The van der Waals surface area contributed by atoms with Gasteiger partial charge >= 0.3 is 29.9 Å². The molecule has 0 spiro atoms. The summed E-state index contributed by atoms with van der Waals surface area (Å²) in [7, 11) is 2.36. The van der Waals surface area contributed by atoms with Crippen molar-refractivity contribution in [3.05, 3.63) is 82.9 Å². The van der Waals surface area contributed by atoms with Crippen LogP contribution in [0.25, 0.3) is 0 Å². The molecule has 0 unspecified atom stereocenters. The van der Waals surface area contributed by atoms with E-state index >= 15 is 0 Å². The Morgan fingerprint density at radius 2 is 1.56 bits per heavy atom. The number of hydrogen-bond donors (Lipinski definition) is 5. The summed E-state index contributed by atoms with van der Waals surface area (Å²) in [6, 6.07) is 13.4. The van der Waals surface area contributed by atoms with Crippen LogP contribution < -0.4 is 20.3 Å². The average molecular weight is 722 g/mol. The van der Waals surface area contributed by atoms with E-state index in [1.807, 2.05) is 0 Å². The van der Waals surface area contributed by atoms with Gasteiger partial charge in [0.2, 0.25) is 5.91 Å². The van der Waals surface area contributed by atoms with E-state index in [-0.39, 0.29) is 53.6 Å². The summed E-state index contributed by atoms with van der Waals surface area (Å²) < 4.78 is 15.3. The number of aliphatic carboxylic acids is 1. The van der Waals surface area contributed by atoms with Crippen molar-refractivity contribution in [1.29, 1.82) is 0 Å². The number of aromatic carboxylic acids is 1. The molecule has 0 bridgehead atoms. The highest BCUT2D eigenvalue weighted by Gasteiger charge is 2.28. The van der Waals surface area contributed by atoms with Gasteiger partial charge in [-0.15, -0.1) is 0 Å². The number of benzene rings is 3. The topological polar surface area (TPSA) is 218 Å². The van der Waals surface area contributed by atoms with E-state index in [4.69, 9.17) is 9.47 Å². The van der Waals surface area contributed by atoms with Gasteiger partial charge in [0.1, 0.15) is 23.1 Å². The van der Waals surface area contributed by atoms with Crippen LogP contribution in [0.3, 0.4) is 0 Å². The van der Waals surface area contributed by atoms with Gasteiger partial charge in [0.15, 0.2) is 0 Å². The van der Waals surface area contributed by atoms with Gasteiger partial charge in [-0.2, -0.15) is 0 Å². The minimum atomic E-state index is -1.80. The van der Waals surface area contributed by atoms with E-state index < -0.39 is 41.9 Å². The van der Waals surface area contributed by atoms with Gasteiger partial charge in [-0.3, -0.25) is 14.5 Å². The van der Waals surface area contributed by atoms with Crippen molar-refractivity contribution in [3.8, 4) is 11.5 Å². The molecule has 0 aliphatic rings. The second kappa shape index (κ2) is 19.9. The lowest BCUT2D eigenvalue weighted by molar-refractivity contribution is -0.148. The summed E-state index contributed by atoms with van der Waals surface area (Å²) in [6.07, 6.45) is 3.74. The summed E-state index contributed by atoms with van der Waals surface area (Å²) in [5.74, 6) is -5.81. The Bertz CT molecular complexity index is 1740. The molecule has 3 rings (SSSR count). The molecule has 15 nitrogen and oxygen atoms in total. The van der Waals surface area contributed by atoms with Crippen molar-refractivity contribution in [2.75, 3.05) is 32.3 Å². The average Bonchev–Trinajstić information content (AvgIpc) is 3.13. The maximum Gasteiger partial charge on any atom is 0.407 e. The number of phenols is 1. The third-order valence-electron chi connectivity index (χ3n) is 7.92. The number of carbonyl (C=O) groups is 6. The number of nitrogens with zero attached hydrogens (tertiary/aromatic N) is 1. The molecule has 0 fully saturated rings. The van der Waals surface area contributed by atoms with Crippen LogP contribution in [0.2, 0.25) is 0 Å². The third kappa shape index (κ3) is 11.2. The summed E-state index contributed by atoms with van der Waals surface area (Å²) in [6.45, 7) is 2.47. The number of alkyl carbamates (subject to hydrolysis) is 1. The van der Waals surface area contributed by atoms with Crippen LogP contribution in [0.4, 0.5) is 16.2 Å². The lowest BCUT2D eigenvalue weighted by Gasteiger charge is -2.23. The molecule has 0 aliphatic heterocycles. The number of nitrogens with one attached hydrogen (secondary N) is 2. The number of ether oxygens (including phenoxy) is 3. The Hall–Kier alpha value is -6.12. The molecule has 278 valence electrons. The molecule has 0 aliphatic carbocycles. The first-order valence-electron chi connectivity index (χ1n) is 16.6. The van der Waals surface area contributed by atoms with Crippen molar-refractivity contribution >= 4 is 47.2 Å². The quantitative estimate of drug-likeness (QED) is 0.0692. The Kier molecular flexibility index (Phi) is 15.4. The van der Waals surface area contributed by atoms with E-state index in [0.29, 0.717) is 24.8 Å². The molecule has 0 saturated heterocycles. The van der Waals surface area contributed by atoms with Gasteiger partial charge in [0, 0.05) is 18.7 Å². The highest BCUT2D eigenvalue weighted by atomic mass is 16.5. The molecule has 3 amide bonds. The molecule has 5 N–H and O–H groups in total. The number of hydrogen-bond acceptors (Lipinski definition) is 10. The standard InChI is InChI=1S/C37H43N3O12/c1-4-5-6-11-24-21-29(41)31(36(48)50-2)30(22-24)52-19-10-9-18-38-32(42)27(39-37(49)51-3)20-23-14-16-25(17-15-23)40(33(43)35(46)47)28-13-8-7-12-26(28)34(44)45/h7-8,12-17,21-22,27,41H,4-6,9-11,18-20H2,1-3H3,(H,38,42)(H,39,49)(H,44,45)(H,46,47)/t27-/m0/s1. The summed E-state index contributed by atoms with van der Waals surface area (Å²) in [5, 5.41) is 34.8. The fourth-order valence-corrected chi connectivity index (χ4v) is 5.28. The molecule has 0 saturated carbocycles. The van der Waals surface area contributed by atoms with Crippen molar-refractivity contribution in [2.24, 2.45) is 0 Å². The first-order valence-corrected chi connectivity index (χ1v) is 16.6. The number of carbonyl (C=O) groups excluding carboxylic acids is 4. The fourth-order valence-electron chi connectivity index (χ4n) is 5.28. The number of aromatic hydroxyl groups is 1. The first kappa shape index (κ1) is 40.3. The number of amides is 3. The van der Waals surface area contributed by atoms with Gasteiger partial charge in [0.25, 0.3) is 0 Å². The normalized spacial score (nSPS) is 11.1. The van der Waals surface area contributed by atoms with Crippen molar-refractivity contribution in [1.82, 2.24) is 10.6 Å². The van der Waals surface area contributed by atoms with Gasteiger partial charge in [-0.05, 0) is 73.2 Å². The molecular formula is C37H43N3O12. The number of anilines is 2. The van der Waals surface area contributed by atoms with E-state index in [1.165, 1.54) is 61.7 Å². The summed E-state index contributed by atoms with van der Waals surface area (Å²) in [4.78, 5) is 74.4. The predicted octanol–water partition coefficient (Wildman–Crippen LogP) is 4.60. The van der Waals surface area contributed by atoms with Gasteiger partial charge in [-0.25, -0.2) is 19.2 Å². The molecule has 52 heavy (non-hydrogen) atoms. The number of carboxylic acids is 2. The maximum absolute atomic E-state index is 13.1. The number of aryl methyl sites for hydroxylation is 1. The molecule has 3 aromatic carbocycles. The van der Waals surface area contributed by atoms with Crippen molar-refractivity contribution < 1.29 is 58.3 Å². The van der Waals surface area contributed by atoms with E-state index in [9.17, 15) is 44.1 Å². The Morgan fingerprint density at radius 1 is 0.846 bits per heavy atom. The Morgan fingerprint density at radius 3 is 2.19 bits per heavy atom. The number of phenolic OH excluding ortho intramolecular Hbond substituents is 1.